The standard InChI is InChI=1S/C19H24N4O3/c1-14-8-10-21-23(14)16-6-4-15(5-7-16)18(25)22-11-3-9-19(26,13-22)12-17(24)20-2/h4-8,10,26H,3,9,11-13H2,1-2H3,(H,20,24). The van der Waals surface area contributed by atoms with E-state index in [1.165, 1.54) is 0 Å². The first kappa shape index (κ1) is 18.1. The Labute approximate surface area is 152 Å². The molecule has 2 amide bonds. The number of piperidine rings is 1. The molecule has 1 aliphatic heterocycles. The van der Waals surface area contributed by atoms with Crippen molar-refractivity contribution in [3.63, 3.8) is 0 Å². The summed E-state index contributed by atoms with van der Waals surface area (Å²) in [4.78, 5) is 26.1. The van der Waals surface area contributed by atoms with Gasteiger partial charge < -0.3 is 15.3 Å². The van der Waals surface area contributed by atoms with E-state index in [2.05, 4.69) is 10.4 Å². The van der Waals surface area contributed by atoms with Crippen LogP contribution in [0.25, 0.3) is 5.69 Å². The SMILES string of the molecule is CNC(=O)CC1(O)CCCN(C(=O)c2ccc(-n3nccc3C)cc2)C1. The number of benzene rings is 1. The van der Waals surface area contributed by atoms with Gasteiger partial charge in [0.25, 0.3) is 5.91 Å². The number of nitrogens with zero attached hydrogens (tertiary/aromatic N) is 3. The van der Waals surface area contributed by atoms with Gasteiger partial charge in [0.15, 0.2) is 0 Å². The predicted octanol–water partition coefficient (Wildman–Crippen LogP) is 1.28. The number of aromatic nitrogens is 2. The summed E-state index contributed by atoms with van der Waals surface area (Å²) in [6.07, 6.45) is 2.92. The van der Waals surface area contributed by atoms with Crippen LogP contribution in [0.2, 0.25) is 0 Å². The predicted molar refractivity (Wildman–Crippen MR) is 97.1 cm³/mol. The number of β-amino-alcohol motifs (C(OH)–C–C–N with tert-alkyl or cyclic N) is 1. The lowest BCUT2D eigenvalue weighted by atomic mass is 9.89. The van der Waals surface area contributed by atoms with E-state index in [4.69, 9.17) is 0 Å². The minimum Gasteiger partial charge on any atom is -0.388 e. The summed E-state index contributed by atoms with van der Waals surface area (Å²) in [5.41, 5.74) is 1.29. The number of carbonyl (C=O) groups is 2. The second-order valence-electron chi connectivity index (χ2n) is 6.84. The smallest absolute Gasteiger partial charge is 0.253 e. The Bertz CT molecular complexity index is 799. The molecule has 0 radical (unpaired) electrons. The highest BCUT2D eigenvalue weighted by Crippen LogP contribution is 2.26. The molecular formula is C19H24N4O3. The lowest BCUT2D eigenvalue weighted by molar-refractivity contribution is -0.127. The van der Waals surface area contributed by atoms with Gasteiger partial charge in [-0.3, -0.25) is 9.59 Å². The molecule has 2 heterocycles. The maximum Gasteiger partial charge on any atom is 0.253 e. The van der Waals surface area contributed by atoms with E-state index in [1.807, 2.05) is 25.1 Å². The molecule has 0 bridgehead atoms. The molecule has 3 rings (SSSR count). The van der Waals surface area contributed by atoms with Crippen molar-refractivity contribution >= 4 is 11.8 Å². The third-order valence-corrected chi connectivity index (χ3v) is 4.80. The van der Waals surface area contributed by atoms with Gasteiger partial charge in [0, 0.05) is 31.0 Å². The zero-order valence-electron chi connectivity index (χ0n) is 15.1. The highest BCUT2D eigenvalue weighted by Gasteiger charge is 2.37. The molecule has 1 aromatic heterocycles. The number of likely N-dealkylation sites (tertiary alicyclic amines) is 1. The Balaban J connectivity index is 1.72. The van der Waals surface area contributed by atoms with E-state index in [-0.39, 0.29) is 24.8 Å². The molecule has 1 aromatic carbocycles. The third kappa shape index (κ3) is 3.77. The number of aryl methyl sites for hydroxylation is 1. The second kappa shape index (κ2) is 7.29. The van der Waals surface area contributed by atoms with Crippen molar-refractivity contribution in [2.24, 2.45) is 0 Å². The van der Waals surface area contributed by atoms with Crippen LogP contribution >= 0.6 is 0 Å². The number of hydrogen-bond donors (Lipinski definition) is 2. The van der Waals surface area contributed by atoms with Gasteiger partial charge in [-0.15, -0.1) is 0 Å². The summed E-state index contributed by atoms with van der Waals surface area (Å²) in [6.45, 7) is 2.71. The fourth-order valence-electron chi connectivity index (χ4n) is 3.38. The van der Waals surface area contributed by atoms with Crippen LogP contribution in [0, 0.1) is 6.92 Å². The molecule has 138 valence electrons. The Kier molecular flexibility index (Phi) is 5.08. The van der Waals surface area contributed by atoms with Crippen molar-refractivity contribution in [3.8, 4) is 5.69 Å². The van der Waals surface area contributed by atoms with Crippen LogP contribution in [0.3, 0.4) is 0 Å². The van der Waals surface area contributed by atoms with Gasteiger partial charge in [-0.05, 0) is 50.1 Å². The van der Waals surface area contributed by atoms with Crippen molar-refractivity contribution in [2.45, 2.75) is 31.8 Å². The van der Waals surface area contributed by atoms with Gasteiger partial charge in [0.1, 0.15) is 0 Å². The lowest BCUT2D eigenvalue weighted by Crippen LogP contribution is -2.52. The lowest BCUT2D eigenvalue weighted by Gasteiger charge is -2.38. The summed E-state index contributed by atoms with van der Waals surface area (Å²) >= 11 is 0. The summed E-state index contributed by atoms with van der Waals surface area (Å²) in [7, 11) is 1.54. The van der Waals surface area contributed by atoms with Crippen molar-refractivity contribution in [1.29, 1.82) is 0 Å². The van der Waals surface area contributed by atoms with Crippen LogP contribution in [0.15, 0.2) is 36.5 Å². The average molecular weight is 356 g/mol. The summed E-state index contributed by atoms with van der Waals surface area (Å²) < 4.78 is 1.80. The minimum atomic E-state index is -1.17. The normalized spacial score (nSPS) is 20.0. The first-order valence-electron chi connectivity index (χ1n) is 8.75. The van der Waals surface area contributed by atoms with E-state index in [0.29, 0.717) is 24.9 Å². The fraction of sp³-hybridized carbons (Fsp3) is 0.421. The van der Waals surface area contributed by atoms with Crippen molar-refractivity contribution < 1.29 is 14.7 Å². The molecule has 7 heteroatoms. The molecule has 26 heavy (non-hydrogen) atoms. The van der Waals surface area contributed by atoms with Crippen LogP contribution in [0.5, 0.6) is 0 Å². The van der Waals surface area contributed by atoms with Crippen molar-refractivity contribution in [3.05, 3.63) is 47.8 Å². The van der Waals surface area contributed by atoms with Crippen LogP contribution < -0.4 is 5.32 Å². The Morgan fingerprint density at radius 1 is 1.27 bits per heavy atom. The first-order chi connectivity index (χ1) is 12.4. The van der Waals surface area contributed by atoms with Gasteiger partial charge in [0.2, 0.25) is 5.91 Å². The monoisotopic (exact) mass is 356 g/mol. The average Bonchev–Trinajstić information content (AvgIpc) is 3.06. The molecule has 1 unspecified atom stereocenters. The molecule has 1 saturated heterocycles. The summed E-state index contributed by atoms with van der Waals surface area (Å²) in [6, 6.07) is 9.16. The number of carbonyl (C=O) groups excluding carboxylic acids is 2. The zero-order valence-corrected chi connectivity index (χ0v) is 15.1. The van der Waals surface area contributed by atoms with Crippen molar-refractivity contribution in [1.82, 2.24) is 20.0 Å². The number of rotatable bonds is 4. The Morgan fingerprint density at radius 3 is 2.62 bits per heavy atom. The topological polar surface area (TPSA) is 87.5 Å². The van der Waals surface area contributed by atoms with E-state index >= 15 is 0 Å². The van der Waals surface area contributed by atoms with Crippen LogP contribution in [0.1, 0.15) is 35.3 Å². The maximum atomic E-state index is 12.8. The number of hydrogen-bond acceptors (Lipinski definition) is 4. The molecule has 1 aliphatic rings. The number of aliphatic hydroxyl groups is 1. The summed E-state index contributed by atoms with van der Waals surface area (Å²) in [5, 5.41) is 17.5. The van der Waals surface area contributed by atoms with Gasteiger partial charge in [-0.25, -0.2) is 4.68 Å². The molecule has 1 atom stereocenters. The fourth-order valence-corrected chi connectivity index (χ4v) is 3.38. The highest BCUT2D eigenvalue weighted by atomic mass is 16.3. The van der Waals surface area contributed by atoms with Gasteiger partial charge in [-0.2, -0.15) is 5.10 Å². The molecule has 1 fully saturated rings. The van der Waals surface area contributed by atoms with Crippen molar-refractivity contribution in [2.75, 3.05) is 20.1 Å². The largest absolute Gasteiger partial charge is 0.388 e. The second-order valence-corrected chi connectivity index (χ2v) is 6.84. The maximum absolute atomic E-state index is 12.8. The molecule has 0 aliphatic carbocycles. The van der Waals surface area contributed by atoms with Gasteiger partial charge in [0.05, 0.1) is 24.3 Å². The van der Waals surface area contributed by atoms with Crippen LogP contribution in [0.4, 0.5) is 0 Å². The van der Waals surface area contributed by atoms with Gasteiger partial charge >= 0.3 is 0 Å². The summed E-state index contributed by atoms with van der Waals surface area (Å²) in [5.74, 6) is -0.357. The zero-order chi connectivity index (χ0) is 18.7. The van der Waals surface area contributed by atoms with E-state index < -0.39 is 5.60 Å². The molecule has 0 saturated carbocycles. The molecule has 7 nitrogen and oxygen atoms in total. The number of nitrogens with one attached hydrogen (secondary N) is 1. The van der Waals surface area contributed by atoms with Gasteiger partial charge in [-0.1, -0.05) is 0 Å². The molecular weight excluding hydrogens is 332 g/mol. The van der Waals surface area contributed by atoms with E-state index in [9.17, 15) is 14.7 Å². The highest BCUT2D eigenvalue weighted by molar-refractivity contribution is 5.94. The van der Waals surface area contributed by atoms with E-state index in [1.54, 1.807) is 35.0 Å². The number of amides is 2. The first-order valence-corrected chi connectivity index (χ1v) is 8.75. The molecule has 0 spiro atoms. The quantitative estimate of drug-likeness (QED) is 0.864. The minimum absolute atomic E-state index is 0.00476. The Hall–Kier alpha value is -2.67. The molecule has 2 N–H and O–H groups in total. The molecule has 2 aromatic rings. The van der Waals surface area contributed by atoms with Crippen LogP contribution in [-0.2, 0) is 4.79 Å². The van der Waals surface area contributed by atoms with Crippen LogP contribution in [-0.4, -0.2) is 57.3 Å². The Morgan fingerprint density at radius 2 is 2.00 bits per heavy atom. The van der Waals surface area contributed by atoms with E-state index in [0.717, 1.165) is 11.4 Å². The third-order valence-electron chi connectivity index (χ3n) is 4.80.